The molecule has 1 N–H and O–H groups in total. The Balaban J connectivity index is 1.81. The topological polar surface area (TPSA) is 71.5 Å². The third kappa shape index (κ3) is 4.99. The van der Waals surface area contributed by atoms with E-state index in [9.17, 15) is 14.0 Å². The van der Waals surface area contributed by atoms with E-state index in [4.69, 9.17) is 4.74 Å². The predicted octanol–water partition coefficient (Wildman–Crippen LogP) is 3.93. The first kappa shape index (κ1) is 21.4. The number of halogens is 1. The highest BCUT2D eigenvalue weighted by molar-refractivity contribution is 5.98. The number of nitrogens with one attached hydrogen (secondary N) is 1. The summed E-state index contributed by atoms with van der Waals surface area (Å²) in [7, 11) is 1.77. The summed E-state index contributed by atoms with van der Waals surface area (Å²) in [6.45, 7) is 4.26. The molecule has 1 aromatic heterocycles. The number of likely N-dealkylation sites (N-methyl/N-ethyl adjacent to an activating group) is 1. The van der Waals surface area contributed by atoms with Gasteiger partial charge in [0.15, 0.2) is 0 Å². The van der Waals surface area contributed by atoms with Gasteiger partial charge in [-0.05, 0) is 56.8 Å². The lowest BCUT2D eigenvalue weighted by atomic mass is 10.0. The minimum absolute atomic E-state index is 0.0766. The number of hydrogen-bond donors (Lipinski definition) is 1. The Labute approximate surface area is 174 Å². The predicted molar refractivity (Wildman–Crippen MR) is 114 cm³/mol. The summed E-state index contributed by atoms with van der Waals surface area (Å²) in [6, 6.07) is 13.2. The van der Waals surface area contributed by atoms with Crippen molar-refractivity contribution in [3.8, 4) is 0 Å². The molecule has 0 aliphatic rings. The molecule has 0 aliphatic heterocycles. The summed E-state index contributed by atoms with van der Waals surface area (Å²) in [5.74, 6) is -1.04. The minimum atomic E-state index is -0.424. The number of hydrogen-bond acceptors (Lipinski definition) is 5. The summed E-state index contributed by atoms with van der Waals surface area (Å²) in [5.41, 5.74) is 3.09. The number of carbonyl (C=O) groups is 2. The number of para-hydroxylation sites is 1. The summed E-state index contributed by atoms with van der Waals surface area (Å²) in [5, 5.41) is 3.62. The van der Waals surface area contributed by atoms with Crippen LogP contribution in [0.1, 0.15) is 28.5 Å². The number of benzene rings is 2. The van der Waals surface area contributed by atoms with Gasteiger partial charge in [0.2, 0.25) is 5.91 Å². The van der Waals surface area contributed by atoms with E-state index >= 15 is 0 Å². The lowest BCUT2D eigenvalue weighted by molar-refractivity contribution is -0.117. The smallest absolute Gasteiger partial charge is 0.340 e. The molecule has 0 saturated heterocycles. The molecule has 0 unspecified atom stereocenters. The average molecular weight is 409 g/mol. The van der Waals surface area contributed by atoms with Crippen molar-refractivity contribution in [2.45, 2.75) is 20.4 Å². The van der Waals surface area contributed by atoms with Crippen LogP contribution in [-0.4, -0.2) is 42.0 Å². The van der Waals surface area contributed by atoms with Gasteiger partial charge < -0.3 is 10.1 Å². The van der Waals surface area contributed by atoms with Crippen LogP contribution in [0.4, 0.5) is 10.1 Å². The van der Waals surface area contributed by atoms with Crippen molar-refractivity contribution in [3.05, 3.63) is 71.2 Å². The zero-order chi connectivity index (χ0) is 21.7. The second-order valence-corrected chi connectivity index (χ2v) is 7.02. The Morgan fingerprint density at radius 1 is 1.13 bits per heavy atom. The first-order chi connectivity index (χ1) is 14.4. The van der Waals surface area contributed by atoms with Crippen LogP contribution in [0.3, 0.4) is 0 Å². The Hall–Kier alpha value is -3.32. The summed E-state index contributed by atoms with van der Waals surface area (Å²) in [4.78, 5) is 31.4. The maximum Gasteiger partial charge on any atom is 0.340 e. The standard InChI is InChI=1S/C23H24FN3O3/c1-4-30-23(29)22-15(2)18-7-5-6-8-19(18)26-20(22)13-27(3)14-21(28)25-17-11-9-16(24)10-12-17/h5-12H,4,13-14H2,1-3H3,(H,25,28). The largest absolute Gasteiger partial charge is 0.462 e. The zero-order valence-corrected chi connectivity index (χ0v) is 17.2. The Morgan fingerprint density at radius 2 is 1.83 bits per heavy atom. The molecular weight excluding hydrogens is 385 g/mol. The molecule has 0 spiro atoms. The van der Waals surface area contributed by atoms with Gasteiger partial charge in [-0.2, -0.15) is 0 Å². The Kier molecular flexibility index (Phi) is 6.74. The van der Waals surface area contributed by atoms with E-state index in [-0.39, 0.29) is 31.4 Å². The second-order valence-electron chi connectivity index (χ2n) is 7.02. The lowest BCUT2D eigenvalue weighted by Gasteiger charge is -2.19. The van der Waals surface area contributed by atoms with Gasteiger partial charge in [0, 0.05) is 17.6 Å². The molecule has 3 aromatic rings. The van der Waals surface area contributed by atoms with Gasteiger partial charge in [0.1, 0.15) is 5.82 Å². The fourth-order valence-corrected chi connectivity index (χ4v) is 3.32. The van der Waals surface area contributed by atoms with E-state index in [1.54, 1.807) is 18.9 Å². The SMILES string of the molecule is CCOC(=O)c1c(CN(C)CC(=O)Nc2ccc(F)cc2)nc2ccccc2c1C. The van der Waals surface area contributed by atoms with Gasteiger partial charge in [-0.3, -0.25) is 14.7 Å². The molecule has 7 heteroatoms. The van der Waals surface area contributed by atoms with E-state index in [1.165, 1.54) is 24.3 Å². The quantitative estimate of drug-likeness (QED) is 0.599. The second kappa shape index (κ2) is 9.45. The molecule has 0 atom stereocenters. The molecule has 0 fully saturated rings. The molecule has 2 aromatic carbocycles. The van der Waals surface area contributed by atoms with Crippen LogP contribution in [0.15, 0.2) is 48.5 Å². The number of aromatic nitrogens is 1. The number of rotatable bonds is 7. The van der Waals surface area contributed by atoms with Crippen LogP contribution >= 0.6 is 0 Å². The highest BCUT2D eigenvalue weighted by Gasteiger charge is 2.21. The van der Waals surface area contributed by atoms with E-state index < -0.39 is 5.97 Å². The van der Waals surface area contributed by atoms with Crippen molar-refractivity contribution in [1.82, 2.24) is 9.88 Å². The van der Waals surface area contributed by atoms with Crippen molar-refractivity contribution in [2.24, 2.45) is 0 Å². The molecule has 3 rings (SSSR count). The number of amides is 1. The maximum absolute atomic E-state index is 13.0. The number of carbonyl (C=O) groups excluding carboxylic acids is 2. The van der Waals surface area contributed by atoms with E-state index in [0.29, 0.717) is 16.9 Å². The van der Waals surface area contributed by atoms with Gasteiger partial charge in [-0.1, -0.05) is 18.2 Å². The van der Waals surface area contributed by atoms with Crippen LogP contribution in [-0.2, 0) is 16.1 Å². The van der Waals surface area contributed by atoms with Crippen molar-refractivity contribution >= 4 is 28.5 Å². The molecule has 1 amide bonds. The number of fused-ring (bicyclic) bond motifs is 1. The lowest BCUT2D eigenvalue weighted by Crippen LogP contribution is -2.31. The zero-order valence-electron chi connectivity index (χ0n) is 17.2. The summed E-state index contributed by atoms with van der Waals surface area (Å²) < 4.78 is 18.3. The van der Waals surface area contributed by atoms with Gasteiger partial charge in [-0.15, -0.1) is 0 Å². The maximum atomic E-state index is 13.0. The van der Waals surface area contributed by atoms with Crippen molar-refractivity contribution < 1.29 is 18.7 Å². The van der Waals surface area contributed by atoms with Gasteiger partial charge in [0.25, 0.3) is 0 Å². The molecule has 6 nitrogen and oxygen atoms in total. The third-order valence-electron chi connectivity index (χ3n) is 4.67. The molecule has 0 bridgehead atoms. The molecule has 0 aliphatic carbocycles. The number of ether oxygens (including phenoxy) is 1. The molecule has 0 saturated carbocycles. The number of esters is 1. The molecule has 156 valence electrons. The molecule has 0 radical (unpaired) electrons. The summed E-state index contributed by atoms with van der Waals surface area (Å²) >= 11 is 0. The molecule has 30 heavy (non-hydrogen) atoms. The minimum Gasteiger partial charge on any atom is -0.462 e. The number of pyridine rings is 1. The fourth-order valence-electron chi connectivity index (χ4n) is 3.32. The van der Waals surface area contributed by atoms with Gasteiger partial charge in [-0.25, -0.2) is 9.18 Å². The monoisotopic (exact) mass is 409 g/mol. The fraction of sp³-hybridized carbons (Fsp3) is 0.261. The normalized spacial score (nSPS) is 11.0. The number of nitrogens with zero attached hydrogens (tertiary/aromatic N) is 2. The van der Waals surface area contributed by atoms with Crippen LogP contribution in [0.5, 0.6) is 0 Å². The van der Waals surface area contributed by atoms with E-state index in [0.717, 1.165) is 16.5 Å². The highest BCUT2D eigenvalue weighted by Crippen LogP contribution is 2.24. The molecule has 1 heterocycles. The first-order valence-electron chi connectivity index (χ1n) is 9.68. The van der Waals surface area contributed by atoms with Crippen LogP contribution in [0.2, 0.25) is 0 Å². The van der Waals surface area contributed by atoms with E-state index in [1.807, 2.05) is 31.2 Å². The van der Waals surface area contributed by atoms with Crippen molar-refractivity contribution in [2.75, 3.05) is 25.5 Å². The van der Waals surface area contributed by atoms with E-state index in [2.05, 4.69) is 10.3 Å². The Morgan fingerprint density at radius 3 is 2.53 bits per heavy atom. The Bertz CT molecular complexity index is 1070. The first-order valence-corrected chi connectivity index (χ1v) is 9.68. The van der Waals surface area contributed by atoms with Crippen LogP contribution < -0.4 is 5.32 Å². The molecular formula is C23H24FN3O3. The van der Waals surface area contributed by atoms with Crippen molar-refractivity contribution in [3.63, 3.8) is 0 Å². The number of anilines is 1. The third-order valence-corrected chi connectivity index (χ3v) is 4.67. The van der Waals surface area contributed by atoms with Crippen LogP contribution in [0.25, 0.3) is 10.9 Å². The van der Waals surface area contributed by atoms with Crippen molar-refractivity contribution in [1.29, 1.82) is 0 Å². The summed E-state index contributed by atoms with van der Waals surface area (Å²) in [6.07, 6.45) is 0. The van der Waals surface area contributed by atoms with Crippen LogP contribution in [0, 0.1) is 12.7 Å². The van der Waals surface area contributed by atoms with Gasteiger partial charge in [0.05, 0.1) is 29.9 Å². The highest BCUT2D eigenvalue weighted by atomic mass is 19.1. The van der Waals surface area contributed by atoms with Gasteiger partial charge >= 0.3 is 5.97 Å². The number of aryl methyl sites for hydroxylation is 1. The average Bonchev–Trinajstić information content (AvgIpc) is 2.70.